The molecular formula is C12H27P. The predicted molar refractivity (Wildman–Crippen MR) is 66.3 cm³/mol. The van der Waals surface area contributed by atoms with Gasteiger partial charge in [0.1, 0.15) is 0 Å². The van der Waals surface area contributed by atoms with Gasteiger partial charge in [-0.2, -0.15) is 0 Å². The molecule has 0 saturated carbocycles. The van der Waals surface area contributed by atoms with E-state index in [-0.39, 0.29) is 0 Å². The monoisotopic (exact) mass is 202 g/mol. The number of rotatable bonds is 6. The van der Waals surface area contributed by atoms with E-state index in [9.17, 15) is 0 Å². The molecule has 13 heavy (non-hydrogen) atoms. The normalized spacial score (nSPS) is 13.4. The molecule has 0 nitrogen and oxygen atoms in total. The first-order chi connectivity index (χ1) is 5.83. The highest BCUT2D eigenvalue weighted by Crippen LogP contribution is 2.47. The summed E-state index contributed by atoms with van der Waals surface area (Å²) in [7, 11) is 1.10. The van der Waals surface area contributed by atoms with E-state index in [1.165, 1.54) is 25.7 Å². The molecule has 0 radical (unpaired) electrons. The lowest BCUT2D eigenvalue weighted by atomic mass is 10.1. The van der Waals surface area contributed by atoms with Gasteiger partial charge in [-0.1, -0.05) is 54.4 Å². The van der Waals surface area contributed by atoms with Gasteiger partial charge in [-0.25, -0.2) is 0 Å². The first-order valence-electron chi connectivity index (χ1n) is 5.62. The van der Waals surface area contributed by atoms with E-state index in [0.29, 0.717) is 10.3 Å². The third-order valence-electron chi connectivity index (χ3n) is 2.43. The van der Waals surface area contributed by atoms with E-state index in [0.717, 1.165) is 8.58 Å². The van der Waals surface area contributed by atoms with Gasteiger partial charge in [0.25, 0.3) is 0 Å². The molecule has 1 heteroatoms. The van der Waals surface area contributed by atoms with Crippen LogP contribution in [-0.4, -0.2) is 10.3 Å². The van der Waals surface area contributed by atoms with E-state index in [4.69, 9.17) is 0 Å². The molecule has 0 saturated heterocycles. The molecule has 0 aliphatic carbocycles. The maximum absolute atomic E-state index is 2.42. The third-order valence-corrected chi connectivity index (χ3v) is 4.28. The Bertz CT molecular complexity index is 120. The van der Waals surface area contributed by atoms with Gasteiger partial charge < -0.3 is 0 Å². The zero-order valence-electron chi connectivity index (χ0n) is 10.3. The maximum atomic E-state index is 2.42. The Morgan fingerprint density at radius 2 is 1.08 bits per heavy atom. The molecule has 0 bridgehead atoms. The lowest BCUT2D eigenvalue weighted by Gasteiger charge is -2.35. The van der Waals surface area contributed by atoms with Crippen LogP contribution in [0.25, 0.3) is 0 Å². The van der Waals surface area contributed by atoms with Crippen molar-refractivity contribution in [1.82, 2.24) is 0 Å². The summed E-state index contributed by atoms with van der Waals surface area (Å²) in [4.78, 5) is 0. The molecule has 0 aromatic heterocycles. The van der Waals surface area contributed by atoms with Gasteiger partial charge in [0, 0.05) is 0 Å². The highest BCUT2D eigenvalue weighted by molar-refractivity contribution is 7.41. The number of hydrogen-bond acceptors (Lipinski definition) is 0. The minimum absolute atomic E-state index is 0.563. The maximum Gasteiger partial charge on any atom is -0.0174 e. The Hall–Kier alpha value is 0.430. The van der Waals surface area contributed by atoms with Gasteiger partial charge >= 0.3 is 0 Å². The van der Waals surface area contributed by atoms with Crippen molar-refractivity contribution in [3.05, 3.63) is 0 Å². The molecule has 0 fully saturated rings. The van der Waals surface area contributed by atoms with Crippen LogP contribution in [0, 0.1) is 0 Å². The summed E-state index contributed by atoms with van der Waals surface area (Å²) in [5.41, 5.74) is 0. The van der Waals surface area contributed by atoms with Gasteiger partial charge in [-0.15, -0.1) is 8.58 Å². The van der Waals surface area contributed by atoms with Crippen molar-refractivity contribution in [2.75, 3.05) is 0 Å². The molecule has 0 aromatic carbocycles. The molecule has 0 amide bonds. The highest BCUT2D eigenvalue weighted by atomic mass is 31.1. The van der Waals surface area contributed by atoms with Crippen LogP contribution >= 0.6 is 8.58 Å². The molecule has 0 heterocycles. The summed E-state index contributed by atoms with van der Waals surface area (Å²) in [5, 5.41) is 1.13. The van der Waals surface area contributed by atoms with Crippen molar-refractivity contribution in [2.45, 2.75) is 77.5 Å². The molecule has 0 spiro atoms. The Kier molecular flexibility index (Phi) is 5.52. The van der Waals surface area contributed by atoms with Gasteiger partial charge in [-0.05, 0) is 23.2 Å². The van der Waals surface area contributed by atoms with E-state index in [1.54, 1.807) is 0 Å². The molecule has 0 aliphatic heterocycles. The van der Waals surface area contributed by atoms with E-state index < -0.39 is 0 Å². The zero-order chi connectivity index (χ0) is 10.5. The van der Waals surface area contributed by atoms with Gasteiger partial charge in [-0.3, -0.25) is 0 Å². The van der Waals surface area contributed by atoms with Crippen molar-refractivity contribution in [1.29, 1.82) is 0 Å². The minimum Gasteiger partial charge on any atom is -0.110 e. The predicted octanol–water partition coefficient (Wildman–Crippen LogP) is 4.82. The smallest absolute Gasteiger partial charge is 0.0174 e. The fourth-order valence-corrected chi connectivity index (χ4v) is 4.87. The van der Waals surface area contributed by atoms with Crippen molar-refractivity contribution < 1.29 is 0 Å². The average Bonchev–Trinajstić information content (AvgIpc) is 1.82. The summed E-state index contributed by atoms with van der Waals surface area (Å²) in [6, 6.07) is 0. The average molecular weight is 202 g/mol. The third kappa shape index (κ3) is 6.49. The van der Waals surface area contributed by atoms with Crippen molar-refractivity contribution >= 4 is 8.58 Å². The minimum atomic E-state index is 0.563. The van der Waals surface area contributed by atoms with Crippen LogP contribution in [0.3, 0.4) is 0 Å². The first-order valence-corrected chi connectivity index (χ1v) is 6.62. The summed E-state index contributed by atoms with van der Waals surface area (Å²) < 4.78 is 0. The molecule has 0 aliphatic rings. The topological polar surface area (TPSA) is 0 Å². The quantitative estimate of drug-likeness (QED) is 0.541. The molecule has 0 rings (SSSR count). The second-order valence-electron chi connectivity index (χ2n) is 5.39. The lowest BCUT2D eigenvalue weighted by molar-refractivity contribution is 0.570. The fourth-order valence-electron chi connectivity index (χ4n) is 2.29. The Morgan fingerprint density at radius 1 is 0.769 bits per heavy atom. The van der Waals surface area contributed by atoms with Gasteiger partial charge in [0.15, 0.2) is 0 Å². The van der Waals surface area contributed by atoms with Crippen LogP contribution in [-0.2, 0) is 0 Å². The standard InChI is InChI=1S/C12H27P/c1-7-9-11(3,4)13-12(5,6)10-8-2/h13H,7-10H2,1-6H3. The van der Waals surface area contributed by atoms with Gasteiger partial charge in [0.2, 0.25) is 0 Å². The molecule has 0 aromatic rings. The van der Waals surface area contributed by atoms with Crippen molar-refractivity contribution in [3.63, 3.8) is 0 Å². The molecule has 0 unspecified atom stereocenters. The van der Waals surface area contributed by atoms with Gasteiger partial charge in [0.05, 0.1) is 0 Å². The van der Waals surface area contributed by atoms with E-state index >= 15 is 0 Å². The largest absolute Gasteiger partial charge is 0.110 e. The number of hydrogen-bond donors (Lipinski definition) is 0. The molecular weight excluding hydrogens is 175 g/mol. The highest BCUT2D eigenvalue weighted by Gasteiger charge is 2.26. The first kappa shape index (κ1) is 13.4. The van der Waals surface area contributed by atoms with Crippen LogP contribution in [0.15, 0.2) is 0 Å². The van der Waals surface area contributed by atoms with Crippen LogP contribution in [0.5, 0.6) is 0 Å². The fraction of sp³-hybridized carbons (Fsp3) is 1.00. The van der Waals surface area contributed by atoms with Crippen LogP contribution in [0.4, 0.5) is 0 Å². The molecule has 0 N–H and O–H groups in total. The van der Waals surface area contributed by atoms with E-state index in [2.05, 4.69) is 41.5 Å². The Morgan fingerprint density at radius 3 is 1.31 bits per heavy atom. The van der Waals surface area contributed by atoms with Crippen molar-refractivity contribution in [3.8, 4) is 0 Å². The Balaban J connectivity index is 4.07. The second kappa shape index (κ2) is 5.35. The van der Waals surface area contributed by atoms with Crippen molar-refractivity contribution in [2.24, 2.45) is 0 Å². The SMILES string of the molecule is CCCC(C)(C)PC(C)(C)CCC. The van der Waals surface area contributed by atoms with E-state index in [1.807, 2.05) is 0 Å². The molecule has 80 valence electrons. The van der Waals surface area contributed by atoms with Crippen LogP contribution in [0.2, 0.25) is 0 Å². The summed E-state index contributed by atoms with van der Waals surface area (Å²) in [5.74, 6) is 0. The van der Waals surface area contributed by atoms with Crippen LogP contribution in [0.1, 0.15) is 67.2 Å². The second-order valence-corrected chi connectivity index (χ2v) is 8.35. The Labute approximate surface area is 86.7 Å². The summed E-state index contributed by atoms with van der Waals surface area (Å²) in [6.07, 6.45) is 5.39. The summed E-state index contributed by atoms with van der Waals surface area (Å²) >= 11 is 0. The summed E-state index contributed by atoms with van der Waals surface area (Å²) in [6.45, 7) is 14.3. The lowest BCUT2D eigenvalue weighted by Crippen LogP contribution is -2.23. The molecule has 0 atom stereocenters. The van der Waals surface area contributed by atoms with Crippen LogP contribution < -0.4 is 0 Å². The zero-order valence-corrected chi connectivity index (χ0v) is 11.3.